The van der Waals surface area contributed by atoms with Crippen LogP contribution in [-0.2, 0) is 9.59 Å². The number of likely N-dealkylation sites (tertiary alicyclic amines) is 2. The highest BCUT2D eigenvalue weighted by atomic mass is 16.5. The Bertz CT molecular complexity index is 663. The van der Waals surface area contributed by atoms with E-state index in [1.165, 1.54) is 0 Å². The average molecular weight is 329 g/mol. The van der Waals surface area contributed by atoms with Crippen molar-refractivity contribution in [3.63, 3.8) is 0 Å². The average Bonchev–Trinajstić information content (AvgIpc) is 3.01. The van der Waals surface area contributed by atoms with Crippen LogP contribution in [0.3, 0.4) is 0 Å². The third-order valence-electron chi connectivity index (χ3n) is 5.43. The molecule has 4 rings (SSSR count). The molecule has 1 aromatic carbocycles. The Labute approximate surface area is 142 Å². The first kappa shape index (κ1) is 15.4. The van der Waals surface area contributed by atoms with E-state index in [9.17, 15) is 9.59 Å². The SMILES string of the molecule is CN1CC[C@@H]2CN(CC(=O)N3CCOc4ccccc43)C[C@@H]2C1=O. The van der Waals surface area contributed by atoms with Gasteiger partial charge in [0.05, 0.1) is 24.7 Å². The molecule has 3 aliphatic rings. The number of ether oxygens (including phenoxy) is 1. The van der Waals surface area contributed by atoms with Gasteiger partial charge in [-0.1, -0.05) is 12.1 Å². The molecule has 6 nitrogen and oxygen atoms in total. The fraction of sp³-hybridized carbons (Fsp3) is 0.556. The fourth-order valence-electron chi connectivity index (χ4n) is 4.12. The summed E-state index contributed by atoms with van der Waals surface area (Å²) in [5.74, 6) is 1.55. The molecule has 24 heavy (non-hydrogen) atoms. The summed E-state index contributed by atoms with van der Waals surface area (Å²) < 4.78 is 5.62. The first-order chi connectivity index (χ1) is 11.6. The summed E-state index contributed by atoms with van der Waals surface area (Å²) in [6.07, 6.45) is 1.04. The highest BCUT2D eigenvalue weighted by Crippen LogP contribution is 2.33. The molecule has 0 aliphatic carbocycles. The molecule has 0 radical (unpaired) electrons. The Morgan fingerprint density at radius 3 is 2.96 bits per heavy atom. The number of hydrogen-bond acceptors (Lipinski definition) is 4. The lowest BCUT2D eigenvalue weighted by Crippen LogP contribution is -2.44. The van der Waals surface area contributed by atoms with Gasteiger partial charge in [0.15, 0.2) is 0 Å². The molecule has 2 fully saturated rings. The monoisotopic (exact) mass is 329 g/mol. The minimum absolute atomic E-state index is 0.0634. The van der Waals surface area contributed by atoms with Gasteiger partial charge in [-0.05, 0) is 24.5 Å². The van der Waals surface area contributed by atoms with Crippen molar-refractivity contribution >= 4 is 17.5 Å². The minimum Gasteiger partial charge on any atom is -0.490 e. The van der Waals surface area contributed by atoms with E-state index in [-0.39, 0.29) is 17.7 Å². The van der Waals surface area contributed by atoms with Crippen LogP contribution < -0.4 is 9.64 Å². The predicted molar refractivity (Wildman–Crippen MR) is 90.0 cm³/mol. The standard InChI is InChI=1S/C18H23N3O3/c1-19-7-6-13-10-20(11-14(13)18(19)23)12-17(22)21-8-9-24-16-5-3-2-4-15(16)21/h2-5,13-14H,6-12H2,1H3/t13-,14+/m1/s1. The van der Waals surface area contributed by atoms with Gasteiger partial charge in [-0.25, -0.2) is 0 Å². The molecule has 2 amide bonds. The summed E-state index contributed by atoms with van der Waals surface area (Å²) >= 11 is 0. The molecule has 2 atom stereocenters. The van der Waals surface area contributed by atoms with Gasteiger partial charge >= 0.3 is 0 Å². The van der Waals surface area contributed by atoms with E-state index in [0.29, 0.717) is 32.2 Å². The lowest BCUT2D eigenvalue weighted by Gasteiger charge is -2.30. The number of nitrogens with zero attached hydrogens (tertiary/aromatic N) is 3. The Balaban J connectivity index is 1.44. The normalized spacial score (nSPS) is 26.8. The number of anilines is 1. The quantitative estimate of drug-likeness (QED) is 0.806. The van der Waals surface area contributed by atoms with E-state index in [4.69, 9.17) is 4.74 Å². The van der Waals surface area contributed by atoms with Crippen molar-refractivity contribution < 1.29 is 14.3 Å². The van der Waals surface area contributed by atoms with Crippen molar-refractivity contribution in [2.45, 2.75) is 6.42 Å². The highest BCUT2D eigenvalue weighted by Gasteiger charge is 2.42. The van der Waals surface area contributed by atoms with Gasteiger partial charge in [-0.3, -0.25) is 14.5 Å². The number of piperidine rings is 1. The fourth-order valence-corrected chi connectivity index (χ4v) is 4.12. The van der Waals surface area contributed by atoms with Gasteiger partial charge in [-0.15, -0.1) is 0 Å². The van der Waals surface area contributed by atoms with E-state index in [0.717, 1.165) is 30.9 Å². The molecule has 0 spiro atoms. The van der Waals surface area contributed by atoms with Gasteiger partial charge in [0.1, 0.15) is 12.4 Å². The van der Waals surface area contributed by atoms with E-state index < -0.39 is 0 Å². The molecule has 2 saturated heterocycles. The Morgan fingerprint density at radius 2 is 2.08 bits per heavy atom. The maximum absolute atomic E-state index is 12.8. The molecule has 128 valence electrons. The van der Waals surface area contributed by atoms with E-state index in [1.54, 1.807) is 0 Å². The first-order valence-electron chi connectivity index (χ1n) is 8.63. The van der Waals surface area contributed by atoms with Crippen LogP contribution in [0.4, 0.5) is 5.69 Å². The maximum Gasteiger partial charge on any atom is 0.241 e. The molecule has 0 saturated carbocycles. The summed E-state index contributed by atoms with van der Waals surface area (Å²) in [5, 5.41) is 0. The second kappa shape index (κ2) is 6.09. The third kappa shape index (κ3) is 2.65. The summed E-state index contributed by atoms with van der Waals surface area (Å²) in [4.78, 5) is 30.9. The number of para-hydroxylation sites is 2. The van der Waals surface area contributed by atoms with Crippen molar-refractivity contribution in [2.75, 3.05) is 51.3 Å². The Hall–Kier alpha value is -2.08. The molecule has 6 heteroatoms. The zero-order valence-corrected chi connectivity index (χ0v) is 14.0. The van der Waals surface area contributed by atoms with Crippen LogP contribution in [0.1, 0.15) is 6.42 Å². The maximum atomic E-state index is 12.8. The van der Waals surface area contributed by atoms with Crippen LogP contribution in [-0.4, -0.2) is 68.0 Å². The lowest BCUT2D eigenvalue weighted by molar-refractivity contribution is -0.138. The van der Waals surface area contributed by atoms with Gasteiger partial charge in [0, 0.05) is 26.7 Å². The number of carbonyl (C=O) groups is 2. The summed E-state index contributed by atoms with van der Waals surface area (Å²) in [6, 6.07) is 7.66. The highest BCUT2D eigenvalue weighted by molar-refractivity contribution is 5.96. The van der Waals surface area contributed by atoms with Crippen molar-refractivity contribution in [1.29, 1.82) is 0 Å². The number of rotatable bonds is 2. The van der Waals surface area contributed by atoms with Crippen LogP contribution in [0, 0.1) is 11.8 Å². The smallest absolute Gasteiger partial charge is 0.241 e. The van der Waals surface area contributed by atoms with Gasteiger partial charge in [0.2, 0.25) is 11.8 Å². The molecular weight excluding hydrogens is 306 g/mol. The molecule has 3 aliphatic heterocycles. The van der Waals surface area contributed by atoms with Crippen LogP contribution in [0.25, 0.3) is 0 Å². The molecule has 3 heterocycles. The summed E-state index contributed by atoms with van der Waals surface area (Å²) in [7, 11) is 1.87. The first-order valence-corrected chi connectivity index (χ1v) is 8.63. The van der Waals surface area contributed by atoms with Crippen LogP contribution in [0.15, 0.2) is 24.3 Å². The topological polar surface area (TPSA) is 53.1 Å². The number of hydrogen-bond donors (Lipinski definition) is 0. The van der Waals surface area contributed by atoms with Crippen molar-refractivity contribution in [2.24, 2.45) is 11.8 Å². The molecular formula is C18H23N3O3. The van der Waals surface area contributed by atoms with Gasteiger partial charge in [0.25, 0.3) is 0 Å². The van der Waals surface area contributed by atoms with Crippen LogP contribution in [0.2, 0.25) is 0 Å². The van der Waals surface area contributed by atoms with Crippen molar-refractivity contribution in [1.82, 2.24) is 9.80 Å². The van der Waals surface area contributed by atoms with E-state index in [2.05, 4.69) is 4.90 Å². The van der Waals surface area contributed by atoms with Crippen molar-refractivity contribution in [3.8, 4) is 5.75 Å². The second-order valence-corrected chi connectivity index (χ2v) is 6.97. The number of amides is 2. The Morgan fingerprint density at radius 1 is 1.25 bits per heavy atom. The van der Waals surface area contributed by atoms with Crippen molar-refractivity contribution in [3.05, 3.63) is 24.3 Å². The second-order valence-electron chi connectivity index (χ2n) is 6.97. The summed E-state index contributed by atoms with van der Waals surface area (Å²) in [6.45, 7) is 3.86. The van der Waals surface area contributed by atoms with E-state index in [1.807, 2.05) is 41.1 Å². The molecule has 0 N–H and O–H groups in total. The summed E-state index contributed by atoms with van der Waals surface area (Å²) in [5.41, 5.74) is 0.848. The minimum atomic E-state index is 0.0634. The van der Waals surface area contributed by atoms with Gasteiger partial charge < -0.3 is 14.5 Å². The van der Waals surface area contributed by atoms with Gasteiger partial charge in [-0.2, -0.15) is 0 Å². The van der Waals surface area contributed by atoms with E-state index >= 15 is 0 Å². The molecule has 0 bridgehead atoms. The van der Waals surface area contributed by atoms with Crippen LogP contribution >= 0.6 is 0 Å². The molecule has 0 unspecified atom stereocenters. The Kier molecular flexibility index (Phi) is 3.92. The molecule has 0 aromatic heterocycles. The predicted octanol–water partition coefficient (Wildman–Crippen LogP) is 0.822. The zero-order chi connectivity index (χ0) is 16.7. The largest absolute Gasteiger partial charge is 0.490 e. The number of carbonyl (C=O) groups excluding carboxylic acids is 2. The third-order valence-corrected chi connectivity index (χ3v) is 5.43. The lowest BCUT2D eigenvalue weighted by atomic mass is 9.88. The molecule has 1 aromatic rings. The number of benzene rings is 1. The number of fused-ring (bicyclic) bond motifs is 2. The zero-order valence-electron chi connectivity index (χ0n) is 14.0. The van der Waals surface area contributed by atoms with Crippen LogP contribution in [0.5, 0.6) is 5.75 Å².